The summed E-state index contributed by atoms with van der Waals surface area (Å²) in [6, 6.07) is 0. The van der Waals surface area contributed by atoms with E-state index in [0.29, 0.717) is 5.65 Å². The zero-order chi connectivity index (χ0) is 21.6. The van der Waals surface area contributed by atoms with Crippen molar-refractivity contribution < 1.29 is 169 Å². The molecule has 1 aliphatic heterocycles. The molecular weight excluding hydrogens is 551 g/mol. The smallest absolute Gasteiger partial charge is 0.790 e. The predicted molar refractivity (Wildman–Crippen MR) is 83.8 cm³/mol. The summed E-state index contributed by atoms with van der Waals surface area (Å²) < 4.78 is 51.7. The number of nitrogen functional groups attached to an aromatic ring is 1. The molecule has 0 saturated carbocycles. The van der Waals surface area contributed by atoms with Crippen LogP contribution < -0.4 is 144 Å². The molecule has 5 atom stereocenters. The maximum absolute atomic E-state index is 11.8. The summed E-state index contributed by atoms with van der Waals surface area (Å²) in [5.74, 6) is 0.116. The summed E-state index contributed by atoms with van der Waals surface area (Å²) in [7, 11) is -17.8. The molecule has 0 spiro atoms. The molecule has 23 heteroatoms. The molecule has 2 N–H and O–H groups in total. The van der Waals surface area contributed by atoms with Gasteiger partial charge in [-0.1, -0.05) is 0 Å². The number of rotatable bonds is 7. The van der Waals surface area contributed by atoms with E-state index in [4.69, 9.17) is 10.5 Å². The average Bonchev–Trinajstić information content (AvgIpc) is 3.08. The Hall–Kier alpha value is 2.72. The fraction of sp³-hybridized carbons (Fsp3) is 0.500. The number of ether oxygens (including phenoxy) is 1. The van der Waals surface area contributed by atoms with Crippen molar-refractivity contribution in [3.05, 3.63) is 12.7 Å². The van der Waals surface area contributed by atoms with Gasteiger partial charge in [-0.2, -0.15) is 0 Å². The van der Waals surface area contributed by atoms with Crippen LogP contribution in [0.15, 0.2) is 12.7 Å². The molecule has 1 saturated heterocycles. The third kappa shape index (κ3) is 10.8. The largest absolute Gasteiger partial charge is 1.00 e. The quantitative estimate of drug-likeness (QED) is 0.243. The third-order valence-corrected chi connectivity index (χ3v) is 7.42. The minimum absolute atomic E-state index is 0. The summed E-state index contributed by atoms with van der Waals surface area (Å²) >= 11 is 0. The van der Waals surface area contributed by atoms with Crippen LogP contribution in [0.4, 0.5) is 5.82 Å². The van der Waals surface area contributed by atoms with Crippen molar-refractivity contribution in [2.75, 3.05) is 5.73 Å². The summed E-state index contributed by atoms with van der Waals surface area (Å²) in [6.45, 7) is 1.43. The first-order valence-corrected chi connectivity index (χ1v) is 12.0. The Labute approximate surface area is 275 Å². The van der Waals surface area contributed by atoms with E-state index in [-0.39, 0.29) is 136 Å². The van der Waals surface area contributed by atoms with Gasteiger partial charge in [-0.05, 0) is 6.92 Å². The first-order chi connectivity index (χ1) is 13.3. The van der Waals surface area contributed by atoms with Crippen LogP contribution in [0.5, 0.6) is 0 Å². The molecule has 1 fully saturated rings. The van der Waals surface area contributed by atoms with Gasteiger partial charge in [0.25, 0.3) is 15.6 Å². The van der Waals surface area contributed by atoms with Crippen molar-refractivity contribution in [2.24, 2.45) is 0 Å². The molecule has 1 aliphatic rings. The van der Waals surface area contributed by atoms with E-state index in [1.54, 1.807) is 0 Å². The minimum Gasteiger partial charge on any atom is -0.790 e. The number of phosphoric acid groups is 3. The van der Waals surface area contributed by atoms with Crippen LogP contribution in [0, 0.1) is 0 Å². The van der Waals surface area contributed by atoms with Crippen LogP contribution in [0.25, 0.3) is 11.2 Å². The SMILES string of the molecule is C[C@H]1O[C@@H](n2cnc3c(N)ncnc32)C[C@@H]1OP(=O)([O-])OP(=O)([O-])OP(=O)([O-])[O-].[Na+].[Na+].[Na+].[Na+]. The molecule has 0 radical (unpaired) electrons. The molecule has 0 aromatic carbocycles. The average molecular weight is 563 g/mol. The summed E-state index contributed by atoms with van der Waals surface area (Å²) in [5, 5.41) is 0. The van der Waals surface area contributed by atoms with Gasteiger partial charge in [-0.15, -0.1) is 0 Å². The first-order valence-electron chi connectivity index (χ1n) is 7.60. The Morgan fingerprint density at radius 2 is 1.64 bits per heavy atom. The van der Waals surface area contributed by atoms with Crippen LogP contribution >= 0.6 is 23.5 Å². The van der Waals surface area contributed by atoms with Gasteiger partial charge in [-0.3, -0.25) is 18.0 Å². The van der Waals surface area contributed by atoms with Gasteiger partial charge in [0.15, 0.2) is 11.5 Å². The van der Waals surface area contributed by atoms with Gasteiger partial charge in [-0.25, -0.2) is 19.3 Å². The van der Waals surface area contributed by atoms with E-state index in [9.17, 15) is 33.3 Å². The van der Waals surface area contributed by atoms with E-state index in [1.165, 1.54) is 24.1 Å². The van der Waals surface area contributed by atoms with E-state index in [2.05, 4.69) is 28.1 Å². The van der Waals surface area contributed by atoms with Crippen LogP contribution in [0.3, 0.4) is 0 Å². The summed E-state index contributed by atoms with van der Waals surface area (Å²) in [4.78, 5) is 55.6. The van der Waals surface area contributed by atoms with Crippen molar-refractivity contribution in [1.29, 1.82) is 0 Å². The van der Waals surface area contributed by atoms with Crippen LogP contribution in [0.2, 0.25) is 0 Å². The Morgan fingerprint density at radius 1 is 1.03 bits per heavy atom. The van der Waals surface area contributed by atoms with E-state index in [0.717, 1.165) is 0 Å². The van der Waals surface area contributed by atoms with Gasteiger partial charge in [0, 0.05) is 6.42 Å². The van der Waals surface area contributed by atoms with Crippen molar-refractivity contribution in [1.82, 2.24) is 19.5 Å². The molecule has 2 aromatic rings. The molecule has 16 nitrogen and oxygen atoms in total. The molecular formula is C10H12N5Na4O11P3. The number of aromatic nitrogens is 4. The molecule has 2 unspecified atom stereocenters. The molecule has 0 bridgehead atoms. The standard InChI is InChI=1S/C10H16N5O11P3.4Na/c1-5-6(24-28(19,20)26-29(21,22)25-27(16,17)18)2-7(23-5)15-4-14-8-9(11)12-3-13-10(8)15;;;;/h3-7H,2H2,1H3,(H,19,20)(H,21,22)(H2,11,12,13)(H2,16,17,18);;;;/q;4*+1/p-4/t5-,6+,7-;;;;/m1..../s1. The number of nitrogens with zero attached hydrogens (tertiary/aromatic N) is 4. The van der Waals surface area contributed by atoms with Gasteiger partial charge < -0.3 is 39.1 Å². The number of hydrogen-bond donors (Lipinski definition) is 1. The topological polar surface area (TPSA) is 250 Å². The predicted octanol–water partition coefficient (Wildman–Crippen LogP) is -14.1. The maximum Gasteiger partial charge on any atom is 1.00 e. The Balaban J connectivity index is 0. The van der Waals surface area contributed by atoms with Crippen molar-refractivity contribution in [3.63, 3.8) is 0 Å². The molecule has 162 valence electrons. The maximum atomic E-state index is 11.8. The van der Waals surface area contributed by atoms with E-state index >= 15 is 0 Å². The zero-order valence-corrected chi connectivity index (χ0v) is 29.0. The Morgan fingerprint density at radius 3 is 2.21 bits per heavy atom. The van der Waals surface area contributed by atoms with Crippen molar-refractivity contribution in [2.45, 2.75) is 31.8 Å². The monoisotopic (exact) mass is 563 g/mol. The molecule has 3 heterocycles. The third-order valence-electron chi connectivity index (χ3n) is 3.69. The van der Waals surface area contributed by atoms with E-state index < -0.39 is 41.9 Å². The number of imidazole rings is 1. The molecule has 33 heavy (non-hydrogen) atoms. The van der Waals surface area contributed by atoms with Gasteiger partial charge in [0.2, 0.25) is 0 Å². The second kappa shape index (κ2) is 14.8. The normalized spacial score (nSPS) is 23.7. The second-order valence-electron chi connectivity index (χ2n) is 5.76. The number of fused-ring (bicyclic) bond motifs is 1. The minimum atomic E-state index is -6.07. The van der Waals surface area contributed by atoms with Crippen molar-refractivity contribution in [3.8, 4) is 0 Å². The molecule has 3 rings (SSSR count). The number of hydrogen-bond acceptors (Lipinski definition) is 15. The van der Waals surface area contributed by atoms with Crippen LogP contribution in [-0.4, -0.2) is 31.7 Å². The second-order valence-corrected chi connectivity index (χ2v) is 9.96. The van der Waals surface area contributed by atoms with E-state index in [1.807, 2.05) is 0 Å². The Bertz CT molecular complexity index is 1070. The molecule has 0 amide bonds. The van der Waals surface area contributed by atoms with Crippen LogP contribution in [-0.2, 0) is 31.6 Å². The van der Waals surface area contributed by atoms with Gasteiger partial charge in [0.1, 0.15) is 18.1 Å². The van der Waals surface area contributed by atoms with Crippen LogP contribution in [0.1, 0.15) is 19.6 Å². The Kier molecular flexibility index (Phi) is 16.9. The summed E-state index contributed by atoms with van der Waals surface area (Å²) in [6.07, 6.45) is -0.502. The number of phosphoric ester groups is 1. The van der Waals surface area contributed by atoms with Gasteiger partial charge in [0.05, 0.1) is 26.4 Å². The number of anilines is 1. The first kappa shape index (κ1) is 37.9. The summed E-state index contributed by atoms with van der Waals surface area (Å²) in [5.41, 5.74) is 6.28. The molecule has 0 aliphatic carbocycles. The fourth-order valence-corrected chi connectivity index (χ4v) is 5.71. The fourth-order valence-electron chi connectivity index (χ4n) is 2.61. The number of nitrogens with two attached hydrogens (primary N) is 1. The van der Waals surface area contributed by atoms with Crippen molar-refractivity contribution >= 4 is 40.4 Å². The molecule has 2 aromatic heterocycles. The van der Waals surface area contributed by atoms with Gasteiger partial charge >= 0.3 is 118 Å². The zero-order valence-electron chi connectivity index (χ0n) is 18.3.